The standard InChI is InChI=1S/C17H22BF3O4/c1-9(15(22)23)11(18-24-16(2,3)17(4,5)25-18)6-10-7-13(20)14(21)8-12(10)19/h7-9,11H,6H2,1-5H3,(H,22,23). The Morgan fingerprint density at radius 2 is 1.56 bits per heavy atom. The second kappa shape index (κ2) is 6.65. The molecule has 1 fully saturated rings. The summed E-state index contributed by atoms with van der Waals surface area (Å²) in [7, 11) is -0.913. The predicted molar refractivity (Wildman–Crippen MR) is 86.7 cm³/mol. The molecule has 0 aliphatic carbocycles. The number of rotatable bonds is 5. The molecular formula is C17H22BF3O4. The van der Waals surface area contributed by atoms with Gasteiger partial charge in [-0.25, -0.2) is 13.2 Å². The average molecular weight is 358 g/mol. The molecule has 0 amide bonds. The van der Waals surface area contributed by atoms with Gasteiger partial charge in [0.1, 0.15) is 5.82 Å². The largest absolute Gasteiger partial charge is 0.481 e. The van der Waals surface area contributed by atoms with E-state index in [9.17, 15) is 23.1 Å². The first-order valence-corrected chi connectivity index (χ1v) is 8.07. The molecule has 2 unspecified atom stereocenters. The molecule has 0 bridgehead atoms. The summed E-state index contributed by atoms with van der Waals surface area (Å²) in [4.78, 5) is 11.5. The van der Waals surface area contributed by atoms with Crippen LogP contribution >= 0.6 is 0 Å². The quantitative estimate of drug-likeness (QED) is 0.642. The van der Waals surface area contributed by atoms with Crippen molar-refractivity contribution in [1.29, 1.82) is 0 Å². The van der Waals surface area contributed by atoms with Crippen LogP contribution in [0.2, 0.25) is 5.82 Å². The monoisotopic (exact) mass is 358 g/mol. The highest BCUT2D eigenvalue weighted by Crippen LogP contribution is 2.43. The lowest BCUT2D eigenvalue weighted by Gasteiger charge is -2.32. The second-order valence-electron chi connectivity index (χ2n) is 7.48. The number of aliphatic carboxylic acids is 1. The Labute approximate surface area is 145 Å². The first-order valence-electron chi connectivity index (χ1n) is 8.07. The number of carboxylic acids is 1. The van der Waals surface area contributed by atoms with E-state index in [2.05, 4.69) is 0 Å². The smallest absolute Gasteiger partial charge is 0.462 e. The Kier molecular flexibility index (Phi) is 5.26. The zero-order valence-corrected chi connectivity index (χ0v) is 14.9. The molecule has 2 rings (SSSR count). The molecule has 1 aliphatic heterocycles. The van der Waals surface area contributed by atoms with Gasteiger partial charge in [0, 0.05) is 11.9 Å². The fourth-order valence-electron chi connectivity index (χ4n) is 2.73. The number of hydrogen-bond donors (Lipinski definition) is 1. The van der Waals surface area contributed by atoms with Crippen molar-refractivity contribution < 1.29 is 32.4 Å². The molecule has 1 heterocycles. The van der Waals surface area contributed by atoms with E-state index in [-0.39, 0.29) is 12.0 Å². The van der Waals surface area contributed by atoms with Gasteiger partial charge >= 0.3 is 13.1 Å². The normalized spacial score (nSPS) is 21.2. The van der Waals surface area contributed by atoms with Crippen LogP contribution in [0.15, 0.2) is 12.1 Å². The Bertz CT molecular complexity index is 662. The number of benzene rings is 1. The highest BCUT2D eigenvalue weighted by molar-refractivity contribution is 6.48. The van der Waals surface area contributed by atoms with Gasteiger partial charge in [0.05, 0.1) is 17.1 Å². The van der Waals surface area contributed by atoms with Crippen molar-refractivity contribution in [2.45, 2.75) is 58.1 Å². The zero-order valence-electron chi connectivity index (χ0n) is 14.9. The summed E-state index contributed by atoms with van der Waals surface area (Å²) >= 11 is 0. The Balaban J connectivity index is 2.36. The van der Waals surface area contributed by atoms with E-state index in [0.29, 0.717) is 6.07 Å². The first kappa shape index (κ1) is 19.8. The van der Waals surface area contributed by atoms with E-state index >= 15 is 0 Å². The number of hydrogen-bond acceptors (Lipinski definition) is 3. The van der Waals surface area contributed by atoms with Gasteiger partial charge in [0.2, 0.25) is 0 Å². The number of carboxylic acid groups (broad SMARTS) is 1. The summed E-state index contributed by atoms with van der Waals surface area (Å²) in [5.74, 6) is -6.24. The van der Waals surface area contributed by atoms with E-state index in [4.69, 9.17) is 9.31 Å². The highest BCUT2D eigenvalue weighted by atomic mass is 19.2. The summed E-state index contributed by atoms with van der Waals surface area (Å²) in [6, 6.07) is 1.20. The number of carbonyl (C=O) groups is 1. The fraction of sp³-hybridized carbons (Fsp3) is 0.588. The first-order chi connectivity index (χ1) is 11.4. The molecule has 1 N–H and O–H groups in total. The average Bonchev–Trinajstić information content (AvgIpc) is 2.68. The molecular weight excluding hydrogens is 336 g/mol. The van der Waals surface area contributed by atoms with Gasteiger partial charge in [-0.1, -0.05) is 6.92 Å². The van der Waals surface area contributed by atoms with Crippen LogP contribution in [0, 0.1) is 23.4 Å². The molecule has 0 spiro atoms. The van der Waals surface area contributed by atoms with Crippen LogP contribution in [0.4, 0.5) is 13.2 Å². The van der Waals surface area contributed by atoms with Crippen LogP contribution in [0.1, 0.15) is 40.2 Å². The van der Waals surface area contributed by atoms with Crippen molar-refractivity contribution in [3.8, 4) is 0 Å². The Morgan fingerprint density at radius 3 is 2.04 bits per heavy atom. The molecule has 138 valence electrons. The Hall–Kier alpha value is -1.54. The van der Waals surface area contributed by atoms with Gasteiger partial charge in [0.25, 0.3) is 0 Å². The van der Waals surface area contributed by atoms with Crippen LogP contribution in [0.5, 0.6) is 0 Å². The van der Waals surface area contributed by atoms with Crippen LogP contribution in [-0.4, -0.2) is 29.4 Å². The maximum atomic E-state index is 14.0. The molecule has 4 nitrogen and oxygen atoms in total. The van der Waals surface area contributed by atoms with Gasteiger partial charge in [-0.3, -0.25) is 4.79 Å². The van der Waals surface area contributed by atoms with Crippen molar-refractivity contribution >= 4 is 13.1 Å². The van der Waals surface area contributed by atoms with Crippen molar-refractivity contribution in [3.63, 3.8) is 0 Å². The maximum Gasteiger partial charge on any atom is 0.462 e. The maximum absolute atomic E-state index is 14.0. The zero-order chi connectivity index (χ0) is 19.2. The third-order valence-electron chi connectivity index (χ3n) is 5.20. The molecule has 1 aromatic carbocycles. The summed E-state index contributed by atoms with van der Waals surface area (Å²) in [6.45, 7) is 8.71. The fourth-order valence-corrected chi connectivity index (χ4v) is 2.73. The lowest BCUT2D eigenvalue weighted by molar-refractivity contribution is -0.141. The SMILES string of the molecule is CC(C(=O)O)C(Cc1cc(F)c(F)cc1F)B1OC(C)(C)C(C)(C)O1. The van der Waals surface area contributed by atoms with Crippen LogP contribution < -0.4 is 0 Å². The molecule has 25 heavy (non-hydrogen) atoms. The molecule has 0 radical (unpaired) electrons. The predicted octanol–water partition coefficient (Wildman–Crippen LogP) is 3.83. The van der Waals surface area contributed by atoms with Crippen LogP contribution in [0.3, 0.4) is 0 Å². The van der Waals surface area contributed by atoms with Gasteiger partial charge in [-0.05, 0) is 45.7 Å². The van der Waals surface area contributed by atoms with E-state index in [0.717, 1.165) is 6.07 Å². The summed E-state index contributed by atoms with van der Waals surface area (Å²) in [6.07, 6.45) is -0.159. The summed E-state index contributed by atoms with van der Waals surface area (Å²) in [5, 5.41) is 9.38. The van der Waals surface area contributed by atoms with Gasteiger partial charge in [0.15, 0.2) is 11.6 Å². The van der Waals surface area contributed by atoms with Crippen molar-refractivity contribution in [2.24, 2.45) is 5.92 Å². The molecule has 1 saturated heterocycles. The van der Waals surface area contributed by atoms with Gasteiger partial charge in [-0.2, -0.15) is 0 Å². The van der Waals surface area contributed by atoms with E-state index < -0.39 is 53.5 Å². The second-order valence-corrected chi connectivity index (χ2v) is 7.48. The summed E-state index contributed by atoms with van der Waals surface area (Å²) < 4.78 is 52.4. The lowest BCUT2D eigenvalue weighted by atomic mass is 9.62. The minimum absolute atomic E-state index is 0.119. The number of halogens is 3. The van der Waals surface area contributed by atoms with E-state index in [1.165, 1.54) is 6.92 Å². The van der Waals surface area contributed by atoms with E-state index in [1.54, 1.807) is 0 Å². The molecule has 1 aromatic rings. The van der Waals surface area contributed by atoms with Crippen molar-refractivity contribution in [1.82, 2.24) is 0 Å². The van der Waals surface area contributed by atoms with Gasteiger partial charge in [-0.15, -0.1) is 0 Å². The topological polar surface area (TPSA) is 55.8 Å². The third-order valence-corrected chi connectivity index (χ3v) is 5.20. The lowest BCUT2D eigenvalue weighted by Crippen LogP contribution is -2.41. The summed E-state index contributed by atoms with van der Waals surface area (Å²) in [5.41, 5.74) is -1.51. The highest BCUT2D eigenvalue weighted by Gasteiger charge is 2.55. The van der Waals surface area contributed by atoms with Crippen LogP contribution in [0.25, 0.3) is 0 Å². The van der Waals surface area contributed by atoms with Crippen molar-refractivity contribution in [3.05, 3.63) is 35.1 Å². The molecule has 8 heteroatoms. The van der Waals surface area contributed by atoms with Gasteiger partial charge < -0.3 is 14.4 Å². The van der Waals surface area contributed by atoms with Crippen molar-refractivity contribution in [2.75, 3.05) is 0 Å². The molecule has 0 saturated carbocycles. The minimum atomic E-state index is -1.29. The third kappa shape index (κ3) is 3.85. The van der Waals surface area contributed by atoms with E-state index in [1.807, 2.05) is 27.7 Å². The minimum Gasteiger partial charge on any atom is -0.481 e. The molecule has 0 aromatic heterocycles. The molecule has 1 aliphatic rings. The Morgan fingerprint density at radius 1 is 1.08 bits per heavy atom. The van der Waals surface area contributed by atoms with Crippen LogP contribution in [-0.2, 0) is 20.5 Å². The molecule has 2 atom stereocenters.